The van der Waals surface area contributed by atoms with Gasteiger partial charge in [-0.15, -0.1) is 11.3 Å². The second-order valence-electron chi connectivity index (χ2n) is 6.99. The number of nitrogens with one attached hydrogen (secondary N) is 1. The molecule has 0 amide bonds. The van der Waals surface area contributed by atoms with Crippen LogP contribution in [0.3, 0.4) is 0 Å². The molecule has 1 rings (SSSR count). The summed E-state index contributed by atoms with van der Waals surface area (Å²) in [5.74, 6) is 0.662. The molecule has 1 aromatic heterocycles. The van der Waals surface area contributed by atoms with Crippen molar-refractivity contribution < 1.29 is 0 Å². The first-order valence-electron chi connectivity index (χ1n) is 7.67. The van der Waals surface area contributed by atoms with Crippen molar-refractivity contribution in [1.82, 2.24) is 10.3 Å². The number of rotatable bonds is 7. The number of hydrogen-bond donors (Lipinski definition) is 1. The first-order chi connectivity index (χ1) is 9.23. The van der Waals surface area contributed by atoms with Gasteiger partial charge in [-0.3, -0.25) is 0 Å². The standard InChI is InChI=1S/C16H31N3S/c1-8-9-13-14(10-17-16(4,5)6)20-15(18-13)19(7)11-12(2)3/h12,17H,8-11H2,1-7H3. The van der Waals surface area contributed by atoms with E-state index in [1.54, 1.807) is 0 Å². The summed E-state index contributed by atoms with van der Waals surface area (Å²) in [6.45, 7) is 15.3. The monoisotopic (exact) mass is 297 g/mol. The molecule has 0 unspecified atom stereocenters. The molecule has 4 heteroatoms. The highest BCUT2D eigenvalue weighted by Crippen LogP contribution is 2.27. The predicted octanol–water partition coefficient (Wildman–Crippen LogP) is 4.08. The maximum atomic E-state index is 4.86. The summed E-state index contributed by atoms with van der Waals surface area (Å²) >= 11 is 1.84. The minimum atomic E-state index is 0.150. The summed E-state index contributed by atoms with van der Waals surface area (Å²) in [6, 6.07) is 0. The molecule has 1 N–H and O–H groups in total. The molecule has 3 nitrogen and oxygen atoms in total. The molecule has 0 spiro atoms. The fourth-order valence-corrected chi connectivity index (χ4v) is 3.09. The van der Waals surface area contributed by atoms with Crippen molar-refractivity contribution in [3.05, 3.63) is 10.6 Å². The van der Waals surface area contributed by atoms with Crippen LogP contribution < -0.4 is 10.2 Å². The van der Waals surface area contributed by atoms with Crippen molar-refractivity contribution in [2.24, 2.45) is 5.92 Å². The number of aryl methyl sites for hydroxylation is 1. The first kappa shape index (κ1) is 17.4. The quantitative estimate of drug-likeness (QED) is 0.822. The maximum absolute atomic E-state index is 4.86. The van der Waals surface area contributed by atoms with E-state index in [2.05, 4.69) is 58.8 Å². The molecule has 0 atom stereocenters. The maximum Gasteiger partial charge on any atom is 0.185 e. The molecule has 0 saturated heterocycles. The zero-order valence-corrected chi connectivity index (χ0v) is 15.0. The Hall–Kier alpha value is -0.610. The Kier molecular flexibility index (Phi) is 6.46. The Morgan fingerprint density at radius 1 is 1.30 bits per heavy atom. The summed E-state index contributed by atoms with van der Waals surface area (Å²) in [6.07, 6.45) is 2.23. The van der Waals surface area contributed by atoms with Gasteiger partial charge in [0.15, 0.2) is 5.13 Å². The highest BCUT2D eigenvalue weighted by molar-refractivity contribution is 7.15. The van der Waals surface area contributed by atoms with Crippen LogP contribution in [0, 0.1) is 5.92 Å². The molecule has 1 heterocycles. The first-order valence-corrected chi connectivity index (χ1v) is 8.49. The van der Waals surface area contributed by atoms with Crippen LogP contribution in [0.25, 0.3) is 0 Å². The van der Waals surface area contributed by atoms with E-state index in [4.69, 9.17) is 4.98 Å². The predicted molar refractivity (Wildman–Crippen MR) is 90.8 cm³/mol. The van der Waals surface area contributed by atoms with E-state index in [-0.39, 0.29) is 5.54 Å². The van der Waals surface area contributed by atoms with Gasteiger partial charge >= 0.3 is 0 Å². The lowest BCUT2D eigenvalue weighted by atomic mass is 10.1. The highest BCUT2D eigenvalue weighted by atomic mass is 32.1. The molecule has 0 aromatic carbocycles. The third-order valence-corrected chi connectivity index (χ3v) is 4.21. The van der Waals surface area contributed by atoms with Crippen LogP contribution in [0.5, 0.6) is 0 Å². The van der Waals surface area contributed by atoms with E-state index in [0.29, 0.717) is 5.92 Å². The Morgan fingerprint density at radius 2 is 1.95 bits per heavy atom. The zero-order valence-electron chi connectivity index (χ0n) is 14.2. The van der Waals surface area contributed by atoms with E-state index in [1.807, 2.05) is 11.3 Å². The van der Waals surface area contributed by atoms with Gasteiger partial charge in [-0.05, 0) is 33.1 Å². The van der Waals surface area contributed by atoms with Gasteiger partial charge in [0.05, 0.1) is 5.69 Å². The van der Waals surface area contributed by atoms with Gasteiger partial charge in [0.25, 0.3) is 0 Å². The molecule has 0 saturated carbocycles. The second kappa shape index (κ2) is 7.41. The van der Waals surface area contributed by atoms with Gasteiger partial charge in [-0.1, -0.05) is 27.2 Å². The Balaban J connectivity index is 2.83. The van der Waals surface area contributed by atoms with Gasteiger partial charge in [0, 0.05) is 30.6 Å². The zero-order chi connectivity index (χ0) is 15.3. The number of thiazole rings is 1. The van der Waals surface area contributed by atoms with Crippen molar-refractivity contribution in [2.75, 3.05) is 18.5 Å². The number of hydrogen-bond acceptors (Lipinski definition) is 4. The summed E-state index contributed by atoms with van der Waals surface area (Å²) in [5, 5.41) is 4.74. The molecule has 20 heavy (non-hydrogen) atoms. The van der Waals surface area contributed by atoms with Gasteiger partial charge in [0.1, 0.15) is 0 Å². The molecule has 0 aliphatic carbocycles. The SMILES string of the molecule is CCCc1nc(N(C)CC(C)C)sc1CNC(C)(C)C. The second-order valence-corrected chi connectivity index (χ2v) is 8.06. The highest BCUT2D eigenvalue weighted by Gasteiger charge is 2.16. The molecule has 0 radical (unpaired) electrons. The number of nitrogens with zero attached hydrogens (tertiary/aromatic N) is 2. The summed E-state index contributed by atoms with van der Waals surface area (Å²) < 4.78 is 0. The van der Waals surface area contributed by atoms with Crippen LogP contribution >= 0.6 is 11.3 Å². The lowest BCUT2D eigenvalue weighted by molar-refractivity contribution is 0.425. The van der Waals surface area contributed by atoms with Gasteiger partial charge in [0.2, 0.25) is 0 Å². The Bertz CT molecular complexity index is 404. The lowest BCUT2D eigenvalue weighted by Crippen LogP contribution is -2.35. The van der Waals surface area contributed by atoms with Crippen LogP contribution in [0.2, 0.25) is 0 Å². The van der Waals surface area contributed by atoms with Crippen LogP contribution in [0.4, 0.5) is 5.13 Å². The molecular formula is C16H31N3S. The van der Waals surface area contributed by atoms with E-state index >= 15 is 0 Å². The third-order valence-electron chi connectivity index (χ3n) is 3.00. The van der Waals surface area contributed by atoms with E-state index in [9.17, 15) is 0 Å². The smallest absolute Gasteiger partial charge is 0.185 e. The van der Waals surface area contributed by atoms with Crippen molar-refractivity contribution in [3.63, 3.8) is 0 Å². The molecule has 0 bridgehead atoms. The van der Waals surface area contributed by atoms with Crippen LogP contribution in [-0.4, -0.2) is 24.1 Å². The van der Waals surface area contributed by atoms with Crippen molar-refractivity contribution >= 4 is 16.5 Å². The fourth-order valence-electron chi connectivity index (χ4n) is 2.07. The number of aromatic nitrogens is 1. The minimum Gasteiger partial charge on any atom is -0.351 e. The third kappa shape index (κ3) is 5.80. The van der Waals surface area contributed by atoms with E-state index in [0.717, 1.165) is 31.1 Å². The minimum absolute atomic E-state index is 0.150. The average Bonchev–Trinajstić information content (AvgIpc) is 2.68. The molecule has 116 valence electrons. The van der Waals surface area contributed by atoms with Crippen LogP contribution in [0.15, 0.2) is 0 Å². The molecular weight excluding hydrogens is 266 g/mol. The largest absolute Gasteiger partial charge is 0.351 e. The van der Waals surface area contributed by atoms with Crippen LogP contribution in [0.1, 0.15) is 58.5 Å². The van der Waals surface area contributed by atoms with Gasteiger partial charge in [-0.25, -0.2) is 4.98 Å². The van der Waals surface area contributed by atoms with Gasteiger partial charge < -0.3 is 10.2 Å². The molecule has 0 aliphatic rings. The van der Waals surface area contributed by atoms with Crippen molar-refractivity contribution in [2.45, 2.75) is 66.5 Å². The average molecular weight is 298 g/mol. The fraction of sp³-hybridized carbons (Fsp3) is 0.812. The summed E-state index contributed by atoms with van der Waals surface area (Å²) in [7, 11) is 2.15. The van der Waals surface area contributed by atoms with Crippen LogP contribution in [-0.2, 0) is 13.0 Å². The molecule has 0 fully saturated rings. The van der Waals surface area contributed by atoms with Crippen molar-refractivity contribution in [3.8, 4) is 0 Å². The topological polar surface area (TPSA) is 28.2 Å². The Morgan fingerprint density at radius 3 is 2.45 bits per heavy atom. The summed E-state index contributed by atoms with van der Waals surface area (Å²) in [5.41, 5.74) is 1.43. The number of anilines is 1. The lowest BCUT2D eigenvalue weighted by Gasteiger charge is -2.20. The van der Waals surface area contributed by atoms with E-state index < -0.39 is 0 Å². The Labute approximate surface area is 128 Å². The van der Waals surface area contributed by atoms with E-state index in [1.165, 1.54) is 10.6 Å². The van der Waals surface area contributed by atoms with Crippen molar-refractivity contribution in [1.29, 1.82) is 0 Å². The summed E-state index contributed by atoms with van der Waals surface area (Å²) in [4.78, 5) is 8.54. The normalized spacial score (nSPS) is 12.2. The molecule has 1 aromatic rings. The molecule has 0 aliphatic heterocycles. The van der Waals surface area contributed by atoms with Gasteiger partial charge in [-0.2, -0.15) is 0 Å².